The minimum Gasteiger partial charge on any atom is -0.469 e. The molecule has 4 nitrogen and oxygen atoms in total. The third-order valence-corrected chi connectivity index (χ3v) is 5.62. The summed E-state index contributed by atoms with van der Waals surface area (Å²) in [7, 11) is 1.41. The van der Waals surface area contributed by atoms with E-state index in [9.17, 15) is 4.79 Å². The van der Waals surface area contributed by atoms with E-state index in [2.05, 4.69) is 39.8 Å². The van der Waals surface area contributed by atoms with E-state index in [0.717, 1.165) is 31.6 Å². The largest absolute Gasteiger partial charge is 0.469 e. The van der Waals surface area contributed by atoms with Gasteiger partial charge in [0.15, 0.2) is 0 Å². The third-order valence-electron chi connectivity index (χ3n) is 5.62. The van der Waals surface area contributed by atoms with Gasteiger partial charge in [-0.25, -0.2) is 9.78 Å². The quantitative estimate of drug-likeness (QED) is 0.275. The number of rotatable bonds is 11. The van der Waals surface area contributed by atoms with Crippen molar-refractivity contribution in [2.75, 3.05) is 7.11 Å². The molecule has 0 spiro atoms. The standard InChI is InChI=1S/C21H38O4/c1-6-10-12-17(7-2)13-11-14-21(9-4)16-18(8-3)19(24-25-21)15-20(22)23-5/h11,14,17-19H,6-10,12-13,15-16H2,1-5H3/b14-11+/t17?,18-,19-,21+/m1/s1. The molecule has 4 atom stereocenters. The average molecular weight is 355 g/mol. The van der Waals surface area contributed by atoms with Gasteiger partial charge in [-0.1, -0.05) is 72.0 Å². The Bertz CT molecular complexity index is 407. The number of unbranched alkanes of at least 4 members (excludes halogenated alkanes) is 1. The molecule has 0 aliphatic carbocycles. The molecule has 1 aliphatic rings. The van der Waals surface area contributed by atoms with Crippen molar-refractivity contribution in [2.24, 2.45) is 11.8 Å². The second-order valence-corrected chi connectivity index (χ2v) is 7.34. The molecule has 146 valence electrons. The van der Waals surface area contributed by atoms with Crippen LogP contribution in [-0.4, -0.2) is 24.8 Å². The van der Waals surface area contributed by atoms with Crippen LogP contribution in [-0.2, 0) is 19.3 Å². The van der Waals surface area contributed by atoms with E-state index in [1.54, 1.807) is 0 Å². The molecule has 1 unspecified atom stereocenters. The van der Waals surface area contributed by atoms with Gasteiger partial charge in [0, 0.05) is 0 Å². The Morgan fingerprint density at radius 3 is 2.64 bits per heavy atom. The van der Waals surface area contributed by atoms with Crippen molar-refractivity contribution in [3.05, 3.63) is 12.2 Å². The summed E-state index contributed by atoms with van der Waals surface area (Å²) in [5, 5.41) is 0. The molecule has 0 amide bonds. The number of allylic oxidation sites excluding steroid dienone is 1. The van der Waals surface area contributed by atoms with Gasteiger partial charge in [-0.15, -0.1) is 0 Å². The van der Waals surface area contributed by atoms with Crippen LogP contribution in [0.4, 0.5) is 0 Å². The van der Waals surface area contributed by atoms with E-state index in [1.165, 1.54) is 32.8 Å². The Morgan fingerprint density at radius 2 is 2.08 bits per heavy atom. The Kier molecular flexibility index (Phi) is 10.4. The highest BCUT2D eigenvalue weighted by atomic mass is 17.2. The Hall–Kier alpha value is -0.870. The monoisotopic (exact) mass is 354 g/mol. The lowest BCUT2D eigenvalue weighted by Gasteiger charge is -2.41. The van der Waals surface area contributed by atoms with Gasteiger partial charge in [-0.2, -0.15) is 0 Å². The summed E-state index contributed by atoms with van der Waals surface area (Å²) in [4.78, 5) is 23.0. The molecule has 1 rings (SSSR count). The minimum absolute atomic E-state index is 0.210. The molecule has 1 saturated heterocycles. The zero-order chi connectivity index (χ0) is 18.7. The first kappa shape index (κ1) is 22.2. The molecule has 0 bridgehead atoms. The SMILES string of the molecule is CCCCC(CC)C/C=C/[C@@]1(CC)C[C@@H](CC)[C@@H](CC(=O)OC)OO1. The van der Waals surface area contributed by atoms with E-state index in [0.29, 0.717) is 5.92 Å². The molecule has 0 radical (unpaired) electrons. The van der Waals surface area contributed by atoms with Crippen molar-refractivity contribution in [2.45, 2.75) is 97.2 Å². The molecule has 0 aromatic heterocycles. The maximum absolute atomic E-state index is 11.6. The highest BCUT2D eigenvalue weighted by Gasteiger charge is 2.41. The first-order valence-electron chi connectivity index (χ1n) is 10.1. The molecule has 1 fully saturated rings. The number of methoxy groups -OCH3 is 1. The molecule has 4 heteroatoms. The van der Waals surface area contributed by atoms with Gasteiger partial charge in [-0.05, 0) is 31.1 Å². The first-order valence-corrected chi connectivity index (χ1v) is 10.1. The average Bonchev–Trinajstić information content (AvgIpc) is 2.65. The highest BCUT2D eigenvalue weighted by molar-refractivity contribution is 5.69. The first-order chi connectivity index (χ1) is 12.0. The Balaban J connectivity index is 2.66. The summed E-state index contributed by atoms with van der Waals surface area (Å²) in [6.07, 6.45) is 13.5. The van der Waals surface area contributed by atoms with Crippen molar-refractivity contribution < 1.29 is 19.3 Å². The zero-order valence-electron chi connectivity index (χ0n) is 16.9. The lowest BCUT2D eigenvalue weighted by atomic mass is 9.81. The van der Waals surface area contributed by atoms with Crippen molar-refractivity contribution in [1.29, 1.82) is 0 Å². The van der Waals surface area contributed by atoms with E-state index in [4.69, 9.17) is 14.5 Å². The van der Waals surface area contributed by atoms with E-state index < -0.39 is 0 Å². The maximum Gasteiger partial charge on any atom is 0.308 e. The summed E-state index contributed by atoms with van der Waals surface area (Å²) in [5.74, 6) is 0.816. The minimum atomic E-state index is -0.365. The van der Waals surface area contributed by atoms with Crippen LogP contribution in [0.5, 0.6) is 0 Å². The third kappa shape index (κ3) is 7.10. The molecule has 1 heterocycles. The topological polar surface area (TPSA) is 44.8 Å². The number of ether oxygens (including phenoxy) is 1. The summed E-state index contributed by atoms with van der Waals surface area (Å²) in [6, 6.07) is 0. The van der Waals surface area contributed by atoms with E-state index in [1.807, 2.05) is 0 Å². The van der Waals surface area contributed by atoms with Crippen LogP contribution in [0.3, 0.4) is 0 Å². The molecular formula is C21H38O4. The lowest BCUT2D eigenvalue weighted by Crippen LogP contribution is -2.44. The fourth-order valence-electron chi connectivity index (χ4n) is 3.57. The smallest absolute Gasteiger partial charge is 0.308 e. The predicted molar refractivity (Wildman–Crippen MR) is 101 cm³/mol. The highest BCUT2D eigenvalue weighted by Crippen LogP contribution is 2.38. The zero-order valence-corrected chi connectivity index (χ0v) is 16.9. The Labute approximate surface area is 154 Å². The van der Waals surface area contributed by atoms with Crippen molar-refractivity contribution in [3.8, 4) is 0 Å². The predicted octanol–water partition coefficient (Wildman–Crippen LogP) is 5.61. The number of carbonyl (C=O) groups excluding carboxylic acids is 1. The van der Waals surface area contributed by atoms with Crippen LogP contribution < -0.4 is 0 Å². The van der Waals surface area contributed by atoms with E-state index >= 15 is 0 Å². The molecule has 0 aromatic carbocycles. The van der Waals surface area contributed by atoms with Crippen LogP contribution in [0.2, 0.25) is 0 Å². The lowest BCUT2D eigenvalue weighted by molar-refractivity contribution is -0.409. The van der Waals surface area contributed by atoms with Gasteiger partial charge in [0.2, 0.25) is 0 Å². The molecule has 25 heavy (non-hydrogen) atoms. The molecule has 0 saturated carbocycles. The van der Waals surface area contributed by atoms with Crippen LogP contribution in [0.1, 0.15) is 85.5 Å². The molecule has 1 aliphatic heterocycles. The van der Waals surface area contributed by atoms with Gasteiger partial charge < -0.3 is 4.74 Å². The van der Waals surface area contributed by atoms with Gasteiger partial charge in [0.1, 0.15) is 11.7 Å². The number of esters is 1. The summed E-state index contributed by atoms with van der Waals surface area (Å²) in [5.41, 5.74) is -0.365. The fraction of sp³-hybridized carbons (Fsp3) is 0.857. The normalized spacial score (nSPS) is 28.2. The van der Waals surface area contributed by atoms with Gasteiger partial charge in [0.05, 0.1) is 13.5 Å². The van der Waals surface area contributed by atoms with Crippen molar-refractivity contribution in [1.82, 2.24) is 0 Å². The second kappa shape index (κ2) is 11.7. The van der Waals surface area contributed by atoms with Gasteiger partial charge >= 0.3 is 5.97 Å². The van der Waals surface area contributed by atoms with Crippen LogP contribution in [0.15, 0.2) is 12.2 Å². The molecule has 0 N–H and O–H groups in total. The maximum atomic E-state index is 11.6. The number of carbonyl (C=O) groups is 1. The van der Waals surface area contributed by atoms with Gasteiger partial charge in [-0.3, -0.25) is 4.79 Å². The van der Waals surface area contributed by atoms with Crippen LogP contribution in [0.25, 0.3) is 0 Å². The summed E-state index contributed by atoms with van der Waals surface area (Å²) < 4.78 is 4.77. The van der Waals surface area contributed by atoms with Gasteiger partial charge in [0.25, 0.3) is 0 Å². The fourth-order valence-corrected chi connectivity index (χ4v) is 3.57. The summed E-state index contributed by atoms with van der Waals surface area (Å²) in [6.45, 7) is 8.80. The summed E-state index contributed by atoms with van der Waals surface area (Å²) >= 11 is 0. The van der Waals surface area contributed by atoms with Crippen molar-refractivity contribution >= 4 is 5.97 Å². The Morgan fingerprint density at radius 1 is 1.32 bits per heavy atom. The van der Waals surface area contributed by atoms with Crippen molar-refractivity contribution in [3.63, 3.8) is 0 Å². The van der Waals surface area contributed by atoms with Crippen LogP contribution in [0, 0.1) is 11.8 Å². The molecular weight excluding hydrogens is 316 g/mol. The van der Waals surface area contributed by atoms with E-state index in [-0.39, 0.29) is 24.1 Å². The number of hydrogen-bond acceptors (Lipinski definition) is 4. The van der Waals surface area contributed by atoms with Crippen LogP contribution >= 0.6 is 0 Å². The molecule has 0 aromatic rings. The number of hydrogen-bond donors (Lipinski definition) is 0. The second-order valence-electron chi connectivity index (χ2n) is 7.34.